The van der Waals surface area contributed by atoms with Crippen molar-refractivity contribution in [2.45, 2.75) is 26.3 Å². The lowest BCUT2D eigenvalue weighted by atomic mass is 9.98. The standard InChI is InChI=1S/C29H24FNO6/c1-3-14-36-21-7-5-6-18(15-21)25-24-26(32)22-16-19(30)10-13-23(22)37-27(24)28(33)31(25)20-11-8-17(9-12-20)29(34)35-4-2/h5-13,15-16,25H,3-4,14H2,1-2H3. The SMILES string of the molecule is CCCOc1cccc(C2c3c(oc4ccc(F)cc4c3=O)C(=O)N2c2ccc(C(=O)OCC)cc2)c1. The number of hydrogen-bond acceptors (Lipinski definition) is 6. The van der Waals surface area contributed by atoms with Gasteiger partial charge < -0.3 is 13.9 Å². The molecule has 0 saturated carbocycles. The fraction of sp³-hybridized carbons (Fsp3) is 0.207. The molecule has 2 heterocycles. The molecule has 4 aromatic rings. The largest absolute Gasteiger partial charge is 0.494 e. The number of amides is 1. The number of hydrogen-bond donors (Lipinski definition) is 0. The van der Waals surface area contributed by atoms with Crippen molar-refractivity contribution in [1.82, 2.24) is 0 Å². The summed E-state index contributed by atoms with van der Waals surface area (Å²) in [5.41, 5.74) is 1.15. The van der Waals surface area contributed by atoms with E-state index < -0.39 is 29.2 Å². The second-order valence-electron chi connectivity index (χ2n) is 8.58. The van der Waals surface area contributed by atoms with Gasteiger partial charge in [0.25, 0.3) is 5.91 Å². The number of ether oxygens (including phenoxy) is 2. The van der Waals surface area contributed by atoms with Crippen molar-refractivity contribution in [2.75, 3.05) is 18.1 Å². The van der Waals surface area contributed by atoms with Crippen molar-refractivity contribution < 1.29 is 27.9 Å². The van der Waals surface area contributed by atoms with Crippen molar-refractivity contribution in [3.63, 3.8) is 0 Å². The van der Waals surface area contributed by atoms with Gasteiger partial charge in [-0.05, 0) is 73.5 Å². The summed E-state index contributed by atoms with van der Waals surface area (Å²) >= 11 is 0. The minimum Gasteiger partial charge on any atom is -0.494 e. The number of carbonyl (C=O) groups excluding carboxylic acids is 2. The van der Waals surface area contributed by atoms with Crippen LogP contribution in [0.15, 0.2) is 75.9 Å². The number of rotatable bonds is 7. The van der Waals surface area contributed by atoms with E-state index >= 15 is 0 Å². The number of nitrogens with zero attached hydrogens (tertiary/aromatic N) is 1. The lowest BCUT2D eigenvalue weighted by Gasteiger charge is -2.25. The Morgan fingerprint density at radius 3 is 2.54 bits per heavy atom. The number of fused-ring (bicyclic) bond motifs is 2. The van der Waals surface area contributed by atoms with Gasteiger partial charge >= 0.3 is 5.97 Å². The van der Waals surface area contributed by atoms with Gasteiger partial charge in [-0.2, -0.15) is 0 Å². The Hall–Kier alpha value is -4.46. The third-order valence-corrected chi connectivity index (χ3v) is 6.14. The number of benzene rings is 3. The van der Waals surface area contributed by atoms with Gasteiger partial charge in [0, 0.05) is 5.69 Å². The molecule has 1 aliphatic rings. The summed E-state index contributed by atoms with van der Waals surface area (Å²) in [4.78, 5) is 40.9. The normalized spacial score (nSPS) is 14.6. The average molecular weight is 502 g/mol. The summed E-state index contributed by atoms with van der Waals surface area (Å²) in [7, 11) is 0. The molecule has 0 saturated heterocycles. The molecule has 0 aliphatic carbocycles. The van der Waals surface area contributed by atoms with E-state index in [4.69, 9.17) is 13.9 Å². The Morgan fingerprint density at radius 1 is 1.03 bits per heavy atom. The molecule has 7 nitrogen and oxygen atoms in total. The first-order chi connectivity index (χ1) is 17.9. The molecule has 1 amide bonds. The zero-order valence-electron chi connectivity index (χ0n) is 20.3. The van der Waals surface area contributed by atoms with Gasteiger partial charge in [0.15, 0.2) is 5.43 Å². The highest BCUT2D eigenvalue weighted by Gasteiger charge is 2.43. The third-order valence-electron chi connectivity index (χ3n) is 6.14. The van der Waals surface area contributed by atoms with Crippen LogP contribution in [0.2, 0.25) is 0 Å². The van der Waals surface area contributed by atoms with Crippen LogP contribution in [0.25, 0.3) is 11.0 Å². The predicted molar refractivity (Wildman–Crippen MR) is 136 cm³/mol. The summed E-state index contributed by atoms with van der Waals surface area (Å²) in [6.45, 7) is 4.46. The van der Waals surface area contributed by atoms with Crippen molar-refractivity contribution in [3.8, 4) is 5.75 Å². The zero-order valence-corrected chi connectivity index (χ0v) is 20.3. The first kappa shape index (κ1) is 24.2. The Bertz CT molecular complexity index is 1560. The van der Waals surface area contributed by atoms with E-state index in [1.807, 2.05) is 6.92 Å². The molecule has 8 heteroatoms. The van der Waals surface area contributed by atoms with Crippen LogP contribution >= 0.6 is 0 Å². The van der Waals surface area contributed by atoms with Crippen LogP contribution in [0, 0.1) is 5.82 Å². The number of carbonyl (C=O) groups is 2. The lowest BCUT2D eigenvalue weighted by molar-refractivity contribution is 0.0526. The van der Waals surface area contributed by atoms with Crippen molar-refractivity contribution in [2.24, 2.45) is 0 Å². The number of halogens is 1. The fourth-order valence-corrected chi connectivity index (χ4v) is 4.49. The molecule has 0 spiro atoms. The van der Waals surface area contributed by atoms with E-state index in [2.05, 4.69) is 0 Å². The van der Waals surface area contributed by atoms with Crippen LogP contribution < -0.4 is 15.1 Å². The van der Waals surface area contributed by atoms with Crippen LogP contribution in [0.3, 0.4) is 0 Å². The van der Waals surface area contributed by atoms with Crippen LogP contribution in [0.4, 0.5) is 10.1 Å². The van der Waals surface area contributed by atoms with Crippen molar-refractivity contribution in [3.05, 3.63) is 105 Å². The molecule has 0 bridgehead atoms. The molecule has 37 heavy (non-hydrogen) atoms. The lowest BCUT2D eigenvalue weighted by Crippen LogP contribution is -2.29. The smallest absolute Gasteiger partial charge is 0.338 e. The second kappa shape index (κ2) is 9.89. The van der Waals surface area contributed by atoms with E-state index in [0.29, 0.717) is 29.2 Å². The number of anilines is 1. The summed E-state index contributed by atoms with van der Waals surface area (Å²) in [6, 6.07) is 16.3. The Balaban J connectivity index is 1.69. The van der Waals surface area contributed by atoms with E-state index in [1.165, 1.54) is 17.0 Å². The maximum absolute atomic E-state index is 14.0. The minimum absolute atomic E-state index is 0.0504. The van der Waals surface area contributed by atoms with E-state index in [9.17, 15) is 18.8 Å². The molecule has 0 N–H and O–H groups in total. The molecule has 188 valence electrons. The van der Waals surface area contributed by atoms with Gasteiger partial charge in [0.1, 0.15) is 17.1 Å². The summed E-state index contributed by atoms with van der Waals surface area (Å²) in [5.74, 6) is -1.10. The van der Waals surface area contributed by atoms with Gasteiger partial charge in [-0.15, -0.1) is 0 Å². The zero-order chi connectivity index (χ0) is 26.1. The molecule has 5 rings (SSSR count). The average Bonchev–Trinajstić information content (AvgIpc) is 3.20. The Kier molecular flexibility index (Phi) is 6.48. The van der Waals surface area contributed by atoms with Crippen LogP contribution in [0.1, 0.15) is 58.3 Å². The maximum atomic E-state index is 14.0. The van der Waals surface area contributed by atoms with E-state index in [1.54, 1.807) is 55.5 Å². The quantitative estimate of drug-likeness (QED) is 0.304. The monoisotopic (exact) mass is 501 g/mol. The molecular weight excluding hydrogens is 477 g/mol. The second-order valence-corrected chi connectivity index (χ2v) is 8.58. The summed E-state index contributed by atoms with van der Waals surface area (Å²) in [5, 5.41) is 0.0504. The van der Waals surface area contributed by atoms with E-state index in [0.717, 1.165) is 12.5 Å². The molecule has 0 fully saturated rings. The molecule has 1 aromatic heterocycles. The van der Waals surface area contributed by atoms with Crippen LogP contribution in [-0.4, -0.2) is 25.1 Å². The molecule has 0 radical (unpaired) electrons. The minimum atomic E-state index is -0.856. The molecule has 1 atom stereocenters. The number of esters is 1. The van der Waals surface area contributed by atoms with E-state index in [-0.39, 0.29) is 28.9 Å². The first-order valence-corrected chi connectivity index (χ1v) is 12.0. The topological polar surface area (TPSA) is 86.0 Å². The molecule has 3 aromatic carbocycles. The predicted octanol–water partition coefficient (Wildman–Crippen LogP) is 5.65. The van der Waals surface area contributed by atoms with Crippen LogP contribution in [0.5, 0.6) is 5.75 Å². The highest BCUT2D eigenvalue weighted by molar-refractivity contribution is 6.10. The fourth-order valence-electron chi connectivity index (χ4n) is 4.49. The third kappa shape index (κ3) is 4.35. The molecule has 1 unspecified atom stereocenters. The molecular formula is C29H24FNO6. The van der Waals surface area contributed by atoms with Crippen molar-refractivity contribution >= 4 is 28.5 Å². The molecule has 1 aliphatic heterocycles. The maximum Gasteiger partial charge on any atom is 0.338 e. The first-order valence-electron chi connectivity index (χ1n) is 12.0. The van der Waals surface area contributed by atoms with Crippen molar-refractivity contribution in [1.29, 1.82) is 0 Å². The van der Waals surface area contributed by atoms with Gasteiger partial charge in [0.2, 0.25) is 5.76 Å². The summed E-state index contributed by atoms with van der Waals surface area (Å²) < 4.78 is 30.7. The van der Waals surface area contributed by atoms with Crippen LogP contribution in [-0.2, 0) is 4.74 Å². The van der Waals surface area contributed by atoms with Gasteiger partial charge in [0.05, 0.1) is 35.8 Å². The highest BCUT2D eigenvalue weighted by Crippen LogP contribution is 2.42. The Labute approximate surface area is 212 Å². The van der Waals surface area contributed by atoms with Gasteiger partial charge in [-0.3, -0.25) is 14.5 Å². The van der Waals surface area contributed by atoms with Gasteiger partial charge in [-0.25, -0.2) is 9.18 Å². The van der Waals surface area contributed by atoms with Gasteiger partial charge in [-0.1, -0.05) is 19.1 Å². The summed E-state index contributed by atoms with van der Waals surface area (Å²) in [6.07, 6.45) is 0.815. The Morgan fingerprint density at radius 2 is 1.81 bits per heavy atom. The highest BCUT2D eigenvalue weighted by atomic mass is 19.1.